The van der Waals surface area contributed by atoms with Gasteiger partial charge in [0.1, 0.15) is 11.5 Å². The van der Waals surface area contributed by atoms with Gasteiger partial charge in [-0.25, -0.2) is 0 Å². The Morgan fingerprint density at radius 3 is 2.23 bits per heavy atom. The monoisotopic (exact) mass is 308 g/mol. The third kappa shape index (κ3) is 2.61. The summed E-state index contributed by atoms with van der Waals surface area (Å²) >= 11 is 6.78. The van der Waals surface area contributed by atoms with Crippen molar-refractivity contribution in [2.45, 2.75) is 6.92 Å². The summed E-state index contributed by atoms with van der Waals surface area (Å²) < 4.78 is 12.3. The molecule has 0 atom stereocenters. The van der Waals surface area contributed by atoms with Crippen molar-refractivity contribution in [2.24, 2.45) is 0 Å². The van der Waals surface area contributed by atoms with Crippen LogP contribution in [0.3, 0.4) is 0 Å². The Labute approximate surface area is 94.5 Å². The van der Waals surface area contributed by atoms with Gasteiger partial charge in [0.15, 0.2) is 0 Å². The molecule has 1 rings (SSSR count). The summed E-state index contributed by atoms with van der Waals surface area (Å²) in [4.78, 5) is 0. The Bertz CT molecular complexity index is 300. The number of hydrogen-bond acceptors (Lipinski definition) is 2. The maximum atomic E-state index is 5.38. The van der Waals surface area contributed by atoms with Crippen LogP contribution in [0.4, 0.5) is 0 Å². The molecule has 0 spiro atoms. The highest BCUT2D eigenvalue weighted by Gasteiger charge is 2.06. The Morgan fingerprint density at radius 2 is 1.69 bits per heavy atom. The second kappa shape index (κ2) is 4.86. The average Bonchev–Trinajstić information content (AvgIpc) is 2.11. The van der Waals surface area contributed by atoms with Gasteiger partial charge in [0.2, 0.25) is 0 Å². The van der Waals surface area contributed by atoms with Crippen LogP contribution in [0.2, 0.25) is 0 Å². The second-order valence-corrected chi connectivity index (χ2v) is 4.06. The highest BCUT2D eigenvalue weighted by Crippen LogP contribution is 2.35. The minimum Gasteiger partial charge on any atom is -0.496 e. The van der Waals surface area contributed by atoms with Crippen LogP contribution >= 0.6 is 31.9 Å². The molecule has 0 aliphatic heterocycles. The van der Waals surface area contributed by atoms with Crippen molar-refractivity contribution in [3.63, 3.8) is 0 Å². The summed E-state index contributed by atoms with van der Waals surface area (Å²) in [6, 6.07) is 3.75. The first-order valence-electron chi connectivity index (χ1n) is 3.84. The largest absolute Gasteiger partial charge is 0.496 e. The van der Waals surface area contributed by atoms with Gasteiger partial charge in [-0.05, 0) is 50.9 Å². The van der Waals surface area contributed by atoms with Crippen LogP contribution in [-0.4, -0.2) is 13.7 Å². The topological polar surface area (TPSA) is 18.5 Å². The zero-order valence-corrected chi connectivity index (χ0v) is 10.6. The molecule has 0 aliphatic carbocycles. The van der Waals surface area contributed by atoms with E-state index in [4.69, 9.17) is 9.47 Å². The van der Waals surface area contributed by atoms with Crippen molar-refractivity contribution >= 4 is 31.9 Å². The van der Waals surface area contributed by atoms with Crippen LogP contribution in [0.5, 0.6) is 11.5 Å². The fourth-order valence-corrected chi connectivity index (χ4v) is 1.85. The normalized spacial score (nSPS) is 9.85. The van der Waals surface area contributed by atoms with Crippen molar-refractivity contribution in [1.82, 2.24) is 0 Å². The zero-order valence-electron chi connectivity index (χ0n) is 7.43. The van der Waals surface area contributed by atoms with Gasteiger partial charge in [0.05, 0.1) is 22.7 Å². The second-order valence-electron chi connectivity index (χ2n) is 2.35. The van der Waals surface area contributed by atoms with E-state index >= 15 is 0 Å². The van der Waals surface area contributed by atoms with Gasteiger partial charge in [0, 0.05) is 0 Å². The fraction of sp³-hybridized carbons (Fsp3) is 0.333. The van der Waals surface area contributed by atoms with E-state index in [1.165, 1.54) is 0 Å². The van der Waals surface area contributed by atoms with Crippen LogP contribution in [0.25, 0.3) is 0 Å². The van der Waals surface area contributed by atoms with Crippen LogP contribution in [0.1, 0.15) is 6.92 Å². The third-order valence-corrected chi connectivity index (χ3v) is 2.75. The van der Waals surface area contributed by atoms with Gasteiger partial charge in [-0.3, -0.25) is 0 Å². The van der Waals surface area contributed by atoms with Gasteiger partial charge >= 0.3 is 0 Å². The number of benzene rings is 1. The van der Waals surface area contributed by atoms with Crippen LogP contribution < -0.4 is 9.47 Å². The molecule has 0 amide bonds. The molecule has 0 unspecified atom stereocenters. The fourth-order valence-electron chi connectivity index (χ4n) is 0.933. The summed E-state index contributed by atoms with van der Waals surface area (Å²) in [6.45, 7) is 2.60. The lowest BCUT2D eigenvalue weighted by atomic mass is 10.3. The van der Waals surface area contributed by atoms with Gasteiger partial charge in [-0.15, -0.1) is 0 Å². The molecule has 72 valence electrons. The maximum Gasteiger partial charge on any atom is 0.134 e. The molecule has 0 aliphatic rings. The molecule has 1 aromatic carbocycles. The standard InChI is InChI=1S/C9H10Br2O2/c1-3-13-9-5-6(10)8(12-2)4-7(9)11/h4-5H,3H2,1-2H3. The first kappa shape index (κ1) is 10.9. The van der Waals surface area contributed by atoms with E-state index in [1.54, 1.807) is 7.11 Å². The molecule has 0 heterocycles. The van der Waals surface area contributed by atoms with Gasteiger partial charge in [-0.1, -0.05) is 0 Å². The van der Waals surface area contributed by atoms with Gasteiger partial charge in [0.25, 0.3) is 0 Å². The Kier molecular flexibility index (Phi) is 4.06. The quantitative estimate of drug-likeness (QED) is 0.849. The molecule has 0 saturated carbocycles. The molecule has 0 saturated heterocycles. The van der Waals surface area contributed by atoms with E-state index in [9.17, 15) is 0 Å². The minimum atomic E-state index is 0.650. The van der Waals surface area contributed by atoms with E-state index in [0.29, 0.717) is 6.61 Å². The molecular weight excluding hydrogens is 300 g/mol. The van der Waals surface area contributed by atoms with Gasteiger partial charge in [-0.2, -0.15) is 0 Å². The Hall–Kier alpha value is -0.220. The summed E-state index contributed by atoms with van der Waals surface area (Å²) in [5.41, 5.74) is 0. The smallest absolute Gasteiger partial charge is 0.134 e. The predicted molar refractivity (Wildman–Crippen MR) is 59.6 cm³/mol. The number of ether oxygens (including phenoxy) is 2. The number of halogens is 2. The van der Waals surface area contributed by atoms with Crippen molar-refractivity contribution in [2.75, 3.05) is 13.7 Å². The molecule has 4 heteroatoms. The molecule has 13 heavy (non-hydrogen) atoms. The molecule has 2 nitrogen and oxygen atoms in total. The van der Waals surface area contributed by atoms with Crippen LogP contribution in [-0.2, 0) is 0 Å². The molecule has 0 radical (unpaired) electrons. The van der Waals surface area contributed by atoms with Crippen molar-refractivity contribution in [1.29, 1.82) is 0 Å². The van der Waals surface area contributed by atoms with Crippen LogP contribution in [0.15, 0.2) is 21.1 Å². The summed E-state index contributed by atoms with van der Waals surface area (Å²) in [7, 11) is 1.63. The predicted octanol–water partition coefficient (Wildman–Crippen LogP) is 3.62. The third-order valence-electron chi connectivity index (χ3n) is 1.51. The first-order chi connectivity index (χ1) is 6.19. The lowest BCUT2D eigenvalue weighted by Crippen LogP contribution is -1.93. The van der Waals surface area contributed by atoms with E-state index in [2.05, 4.69) is 31.9 Å². The molecule has 0 N–H and O–H groups in total. The summed E-state index contributed by atoms with van der Waals surface area (Å²) in [5, 5.41) is 0. The van der Waals surface area contributed by atoms with E-state index < -0.39 is 0 Å². The maximum absolute atomic E-state index is 5.38. The van der Waals surface area contributed by atoms with E-state index in [1.807, 2.05) is 19.1 Å². The van der Waals surface area contributed by atoms with Crippen molar-refractivity contribution in [3.05, 3.63) is 21.1 Å². The number of rotatable bonds is 3. The van der Waals surface area contributed by atoms with Crippen molar-refractivity contribution in [3.8, 4) is 11.5 Å². The SMILES string of the molecule is CCOc1cc(Br)c(OC)cc1Br. The van der Waals surface area contributed by atoms with E-state index in [-0.39, 0.29) is 0 Å². The first-order valence-corrected chi connectivity index (χ1v) is 5.43. The van der Waals surface area contributed by atoms with Crippen molar-refractivity contribution < 1.29 is 9.47 Å². The van der Waals surface area contributed by atoms with Gasteiger partial charge < -0.3 is 9.47 Å². The highest BCUT2D eigenvalue weighted by atomic mass is 79.9. The van der Waals surface area contributed by atoms with E-state index in [0.717, 1.165) is 20.4 Å². The summed E-state index contributed by atoms with van der Waals surface area (Å²) in [6.07, 6.45) is 0. The molecule has 1 aromatic rings. The lowest BCUT2D eigenvalue weighted by molar-refractivity contribution is 0.336. The Morgan fingerprint density at radius 1 is 1.15 bits per heavy atom. The lowest BCUT2D eigenvalue weighted by Gasteiger charge is -2.09. The highest BCUT2D eigenvalue weighted by molar-refractivity contribution is 9.11. The Balaban J connectivity index is 3.05. The molecule has 0 bridgehead atoms. The summed E-state index contributed by atoms with van der Waals surface area (Å²) in [5.74, 6) is 1.60. The molecule has 0 aromatic heterocycles. The molecular formula is C9H10Br2O2. The number of methoxy groups -OCH3 is 1. The minimum absolute atomic E-state index is 0.650. The number of hydrogen-bond donors (Lipinski definition) is 0. The van der Waals surface area contributed by atoms with Crippen LogP contribution in [0, 0.1) is 0 Å². The zero-order chi connectivity index (χ0) is 9.84. The average molecular weight is 310 g/mol. The molecule has 0 fully saturated rings.